The Balaban J connectivity index is 2.33. The van der Waals surface area contributed by atoms with Crippen molar-refractivity contribution in [2.75, 3.05) is 17.4 Å². The molecule has 3 nitrogen and oxygen atoms in total. The van der Waals surface area contributed by atoms with Crippen LogP contribution in [0.2, 0.25) is 0 Å². The van der Waals surface area contributed by atoms with Crippen molar-refractivity contribution in [3.05, 3.63) is 29.3 Å². The van der Waals surface area contributed by atoms with E-state index in [9.17, 15) is 4.79 Å². The molecule has 0 spiro atoms. The van der Waals surface area contributed by atoms with Crippen LogP contribution in [-0.4, -0.2) is 18.4 Å². The SMILES string of the molecule is CNCc1ccc2c(c1)CC(=O)N2CBr. The van der Waals surface area contributed by atoms with Crippen molar-refractivity contribution >= 4 is 27.5 Å². The van der Waals surface area contributed by atoms with Crippen molar-refractivity contribution in [1.82, 2.24) is 5.32 Å². The third kappa shape index (κ3) is 1.92. The molecule has 0 aliphatic carbocycles. The molecule has 80 valence electrons. The van der Waals surface area contributed by atoms with Crippen LogP contribution in [0.1, 0.15) is 11.1 Å². The Morgan fingerprint density at radius 3 is 3.00 bits per heavy atom. The molecule has 1 aromatic rings. The number of benzene rings is 1. The van der Waals surface area contributed by atoms with Gasteiger partial charge in [0.05, 0.1) is 11.9 Å². The molecular weight excluding hydrogens is 256 g/mol. The van der Waals surface area contributed by atoms with Gasteiger partial charge in [0.1, 0.15) is 0 Å². The van der Waals surface area contributed by atoms with Crippen molar-refractivity contribution in [3.8, 4) is 0 Å². The van der Waals surface area contributed by atoms with Gasteiger partial charge in [-0.25, -0.2) is 0 Å². The first-order valence-electron chi connectivity index (χ1n) is 4.89. The van der Waals surface area contributed by atoms with Gasteiger partial charge in [-0.1, -0.05) is 28.1 Å². The number of hydrogen-bond donors (Lipinski definition) is 1. The minimum atomic E-state index is 0.170. The maximum Gasteiger partial charge on any atom is 0.232 e. The molecule has 0 saturated carbocycles. The molecule has 0 unspecified atom stereocenters. The van der Waals surface area contributed by atoms with E-state index in [2.05, 4.69) is 33.4 Å². The van der Waals surface area contributed by atoms with Gasteiger partial charge >= 0.3 is 0 Å². The predicted molar refractivity (Wildman–Crippen MR) is 64.2 cm³/mol. The molecule has 0 radical (unpaired) electrons. The van der Waals surface area contributed by atoms with Crippen LogP contribution in [0, 0.1) is 0 Å². The quantitative estimate of drug-likeness (QED) is 0.668. The fourth-order valence-corrected chi connectivity index (χ4v) is 2.43. The fraction of sp³-hybridized carbons (Fsp3) is 0.364. The number of fused-ring (bicyclic) bond motifs is 1. The van der Waals surface area contributed by atoms with E-state index in [0.29, 0.717) is 11.9 Å². The van der Waals surface area contributed by atoms with E-state index in [1.807, 2.05) is 13.1 Å². The smallest absolute Gasteiger partial charge is 0.232 e. The normalized spacial score (nSPS) is 14.5. The molecule has 1 heterocycles. The van der Waals surface area contributed by atoms with Crippen LogP contribution in [0.3, 0.4) is 0 Å². The average Bonchev–Trinajstić information content (AvgIpc) is 2.53. The summed E-state index contributed by atoms with van der Waals surface area (Å²) in [7, 11) is 1.92. The van der Waals surface area contributed by atoms with Gasteiger partial charge in [0, 0.05) is 12.2 Å². The van der Waals surface area contributed by atoms with Crippen molar-refractivity contribution in [2.24, 2.45) is 0 Å². The number of rotatable bonds is 3. The summed E-state index contributed by atoms with van der Waals surface area (Å²) < 4.78 is 0. The van der Waals surface area contributed by atoms with Crippen molar-refractivity contribution in [3.63, 3.8) is 0 Å². The highest BCUT2D eigenvalue weighted by molar-refractivity contribution is 9.09. The van der Waals surface area contributed by atoms with Gasteiger partial charge in [0.25, 0.3) is 0 Å². The molecule has 0 aromatic heterocycles. The van der Waals surface area contributed by atoms with Gasteiger partial charge in [0.15, 0.2) is 0 Å². The number of nitrogens with one attached hydrogen (secondary N) is 1. The van der Waals surface area contributed by atoms with E-state index in [1.165, 1.54) is 5.56 Å². The summed E-state index contributed by atoms with van der Waals surface area (Å²) in [5.41, 5.74) is 3.97. The lowest BCUT2D eigenvalue weighted by Gasteiger charge is -2.13. The predicted octanol–water partition coefficient (Wildman–Crippen LogP) is 1.65. The van der Waals surface area contributed by atoms with E-state index >= 15 is 0 Å². The maximum absolute atomic E-state index is 11.6. The van der Waals surface area contributed by atoms with E-state index in [0.717, 1.165) is 17.8 Å². The van der Waals surface area contributed by atoms with E-state index in [4.69, 9.17) is 0 Å². The molecule has 2 rings (SSSR count). The number of carbonyl (C=O) groups excluding carboxylic acids is 1. The summed E-state index contributed by atoms with van der Waals surface area (Å²) in [4.78, 5) is 13.4. The molecule has 0 bridgehead atoms. The molecule has 15 heavy (non-hydrogen) atoms. The largest absolute Gasteiger partial charge is 0.316 e. The lowest BCUT2D eigenvalue weighted by atomic mass is 10.1. The molecule has 0 saturated heterocycles. The van der Waals surface area contributed by atoms with Crippen LogP contribution in [0.4, 0.5) is 5.69 Å². The Morgan fingerprint density at radius 1 is 1.53 bits per heavy atom. The summed E-state index contributed by atoms with van der Waals surface area (Å²) in [6.45, 7) is 0.843. The van der Waals surface area contributed by atoms with Crippen molar-refractivity contribution in [2.45, 2.75) is 13.0 Å². The zero-order valence-electron chi connectivity index (χ0n) is 8.59. The molecule has 1 aliphatic heterocycles. The highest BCUT2D eigenvalue weighted by Crippen LogP contribution is 2.30. The third-order valence-electron chi connectivity index (χ3n) is 2.58. The summed E-state index contributed by atoms with van der Waals surface area (Å²) in [5, 5.41) is 3.10. The second-order valence-corrected chi connectivity index (χ2v) is 4.11. The van der Waals surface area contributed by atoms with Crippen molar-refractivity contribution in [1.29, 1.82) is 0 Å². The van der Waals surface area contributed by atoms with Gasteiger partial charge in [0.2, 0.25) is 5.91 Å². The number of amides is 1. The van der Waals surface area contributed by atoms with Crippen LogP contribution < -0.4 is 10.2 Å². The summed E-state index contributed by atoms with van der Waals surface area (Å²) in [5.74, 6) is 0.170. The van der Waals surface area contributed by atoms with Crippen LogP contribution in [-0.2, 0) is 17.8 Å². The zero-order chi connectivity index (χ0) is 10.8. The van der Waals surface area contributed by atoms with Crippen molar-refractivity contribution < 1.29 is 4.79 Å². The standard InChI is InChI=1S/C11H13BrN2O/c1-13-6-8-2-3-10-9(4-8)5-11(15)14(10)7-12/h2-4,13H,5-7H2,1H3. The maximum atomic E-state index is 11.6. The first kappa shape index (κ1) is 10.6. The molecule has 1 aliphatic rings. The summed E-state index contributed by atoms with van der Waals surface area (Å²) in [6.07, 6.45) is 0.526. The van der Waals surface area contributed by atoms with Gasteiger partial charge in [-0.05, 0) is 24.2 Å². The Hall–Kier alpha value is -0.870. The van der Waals surface area contributed by atoms with Gasteiger partial charge < -0.3 is 10.2 Å². The van der Waals surface area contributed by atoms with Crippen LogP contribution in [0.25, 0.3) is 0 Å². The third-order valence-corrected chi connectivity index (χ3v) is 3.08. The minimum absolute atomic E-state index is 0.170. The summed E-state index contributed by atoms with van der Waals surface area (Å²) >= 11 is 3.33. The number of carbonyl (C=O) groups is 1. The monoisotopic (exact) mass is 268 g/mol. The first-order valence-corrected chi connectivity index (χ1v) is 6.01. The first-order chi connectivity index (χ1) is 7.26. The fourth-order valence-electron chi connectivity index (χ4n) is 1.88. The highest BCUT2D eigenvalue weighted by atomic mass is 79.9. The van der Waals surface area contributed by atoms with Gasteiger partial charge in [-0.2, -0.15) is 0 Å². The number of anilines is 1. The number of alkyl halides is 1. The lowest BCUT2D eigenvalue weighted by Crippen LogP contribution is -2.24. The average molecular weight is 269 g/mol. The van der Waals surface area contributed by atoms with Crippen LogP contribution in [0.15, 0.2) is 18.2 Å². The zero-order valence-corrected chi connectivity index (χ0v) is 10.2. The molecule has 4 heteroatoms. The Kier molecular flexibility index (Phi) is 3.07. The Morgan fingerprint density at radius 2 is 2.33 bits per heavy atom. The van der Waals surface area contributed by atoms with Crippen LogP contribution in [0.5, 0.6) is 0 Å². The van der Waals surface area contributed by atoms with E-state index in [1.54, 1.807) is 4.90 Å². The number of halogens is 1. The second kappa shape index (κ2) is 4.33. The molecule has 0 atom stereocenters. The molecule has 1 aromatic carbocycles. The molecule has 1 amide bonds. The number of hydrogen-bond acceptors (Lipinski definition) is 2. The molecule has 0 fully saturated rings. The topological polar surface area (TPSA) is 32.3 Å². The molecule has 1 N–H and O–H groups in total. The highest BCUT2D eigenvalue weighted by Gasteiger charge is 2.25. The van der Waals surface area contributed by atoms with E-state index in [-0.39, 0.29) is 5.91 Å². The van der Waals surface area contributed by atoms with Gasteiger partial charge in [-0.15, -0.1) is 0 Å². The number of nitrogens with zero attached hydrogens (tertiary/aromatic N) is 1. The lowest BCUT2D eigenvalue weighted by molar-refractivity contribution is -0.117. The Bertz CT molecular complexity index is 392. The Labute approximate surface area is 97.6 Å². The minimum Gasteiger partial charge on any atom is -0.316 e. The van der Waals surface area contributed by atoms with E-state index < -0.39 is 0 Å². The summed E-state index contributed by atoms with van der Waals surface area (Å²) in [6, 6.07) is 6.18. The van der Waals surface area contributed by atoms with Gasteiger partial charge in [-0.3, -0.25) is 4.79 Å². The van der Waals surface area contributed by atoms with Crippen LogP contribution >= 0.6 is 15.9 Å². The second-order valence-electron chi connectivity index (χ2n) is 3.61. The molecular formula is C11H13BrN2O.